The van der Waals surface area contributed by atoms with E-state index < -0.39 is 0 Å². The van der Waals surface area contributed by atoms with Crippen molar-refractivity contribution in [3.05, 3.63) is 24.0 Å². The van der Waals surface area contributed by atoms with Gasteiger partial charge in [0.15, 0.2) is 0 Å². The monoisotopic (exact) mass is 208 g/mol. The summed E-state index contributed by atoms with van der Waals surface area (Å²) in [4.78, 5) is 2.23. The van der Waals surface area contributed by atoms with Gasteiger partial charge in [0.2, 0.25) is 0 Å². The average molecular weight is 208 g/mol. The standard InChI is InChI=1S/C12H17FN2/c1-2-15(8-9-3-4-9)12-6-5-10(13)7-11(12)14/h5-7,9H,2-4,8,14H2,1H3. The summed E-state index contributed by atoms with van der Waals surface area (Å²) in [6.45, 7) is 4.07. The Labute approximate surface area is 89.9 Å². The fourth-order valence-corrected chi connectivity index (χ4v) is 1.82. The van der Waals surface area contributed by atoms with Crippen molar-refractivity contribution in [3.8, 4) is 0 Å². The molecule has 0 amide bonds. The molecule has 2 rings (SSSR count). The fraction of sp³-hybridized carbons (Fsp3) is 0.500. The first kappa shape index (κ1) is 10.3. The minimum atomic E-state index is -0.265. The smallest absolute Gasteiger partial charge is 0.125 e. The van der Waals surface area contributed by atoms with E-state index in [1.807, 2.05) is 0 Å². The predicted octanol–water partition coefficient (Wildman–Crippen LogP) is 2.64. The highest BCUT2D eigenvalue weighted by atomic mass is 19.1. The van der Waals surface area contributed by atoms with E-state index in [0.29, 0.717) is 5.69 Å². The van der Waals surface area contributed by atoms with Gasteiger partial charge in [-0.25, -0.2) is 4.39 Å². The summed E-state index contributed by atoms with van der Waals surface area (Å²) in [5.74, 6) is 0.549. The second kappa shape index (κ2) is 4.09. The van der Waals surface area contributed by atoms with E-state index in [2.05, 4.69) is 11.8 Å². The van der Waals surface area contributed by atoms with Crippen LogP contribution < -0.4 is 10.6 Å². The molecule has 1 aromatic rings. The number of halogens is 1. The number of nitrogens with two attached hydrogens (primary N) is 1. The van der Waals surface area contributed by atoms with Crippen LogP contribution in [0.4, 0.5) is 15.8 Å². The summed E-state index contributed by atoms with van der Waals surface area (Å²) in [6.07, 6.45) is 2.63. The van der Waals surface area contributed by atoms with Crippen molar-refractivity contribution in [2.45, 2.75) is 19.8 Å². The second-order valence-electron chi connectivity index (χ2n) is 4.19. The highest BCUT2D eigenvalue weighted by molar-refractivity contribution is 5.67. The summed E-state index contributed by atoms with van der Waals surface area (Å²) in [5, 5.41) is 0. The van der Waals surface area contributed by atoms with Crippen LogP contribution in [0.3, 0.4) is 0 Å². The molecule has 82 valence electrons. The lowest BCUT2D eigenvalue weighted by molar-refractivity contribution is 0.628. The quantitative estimate of drug-likeness (QED) is 0.771. The van der Waals surface area contributed by atoms with Crippen LogP contribution in [-0.4, -0.2) is 13.1 Å². The van der Waals surface area contributed by atoms with Crippen molar-refractivity contribution in [2.75, 3.05) is 23.7 Å². The van der Waals surface area contributed by atoms with Gasteiger partial charge in [0.05, 0.1) is 11.4 Å². The molecule has 2 nitrogen and oxygen atoms in total. The minimum Gasteiger partial charge on any atom is -0.397 e. The molecule has 0 saturated heterocycles. The molecule has 2 N–H and O–H groups in total. The number of rotatable bonds is 4. The van der Waals surface area contributed by atoms with Crippen LogP contribution >= 0.6 is 0 Å². The molecule has 3 heteroatoms. The van der Waals surface area contributed by atoms with Crippen LogP contribution in [0.1, 0.15) is 19.8 Å². The van der Waals surface area contributed by atoms with E-state index >= 15 is 0 Å². The number of anilines is 2. The van der Waals surface area contributed by atoms with Gasteiger partial charge < -0.3 is 10.6 Å². The lowest BCUT2D eigenvalue weighted by Crippen LogP contribution is -2.26. The van der Waals surface area contributed by atoms with Gasteiger partial charge in [-0.3, -0.25) is 0 Å². The van der Waals surface area contributed by atoms with E-state index in [9.17, 15) is 4.39 Å². The maximum Gasteiger partial charge on any atom is 0.125 e. The van der Waals surface area contributed by atoms with Gasteiger partial charge in [0, 0.05) is 13.1 Å². The number of benzene rings is 1. The van der Waals surface area contributed by atoms with Crippen molar-refractivity contribution in [3.63, 3.8) is 0 Å². The number of hydrogen-bond donors (Lipinski definition) is 1. The third-order valence-corrected chi connectivity index (χ3v) is 2.89. The van der Waals surface area contributed by atoms with Crippen LogP contribution in [0, 0.1) is 11.7 Å². The highest BCUT2D eigenvalue weighted by Gasteiger charge is 2.24. The summed E-state index contributed by atoms with van der Waals surface area (Å²) < 4.78 is 12.9. The second-order valence-corrected chi connectivity index (χ2v) is 4.19. The first-order chi connectivity index (χ1) is 7.20. The Bertz CT molecular complexity index is 347. The fourth-order valence-electron chi connectivity index (χ4n) is 1.82. The van der Waals surface area contributed by atoms with E-state index in [-0.39, 0.29) is 5.82 Å². The van der Waals surface area contributed by atoms with Crippen LogP contribution in [0.2, 0.25) is 0 Å². The summed E-state index contributed by atoms with van der Waals surface area (Å²) in [5.41, 5.74) is 7.32. The Hall–Kier alpha value is -1.25. The van der Waals surface area contributed by atoms with Crippen molar-refractivity contribution in [1.29, 1.82) is 0 Å². The van der Waals surface area contributed by atoms with Gasteiger partial charge in [-0.1, -0.05) is 0 Å². The Kier molecular flexibility index (Phi) is 2.80. The molecule has 0 unspecified atom stereocenters. The largest absolute Gasteiger partial charge is 0.397 e. The molecule has 15 heavy (non-hydrogen) atoms. The van der Waals surface area contributed by atoms with E-state index in [0.717, 1.165) is 24.7 Å². The molecule has 0 aliphatic heterocycles. The third-order valence-electron chi connectivity index (χ3n) is 2.89. The lowest BCUT2D eigenvalue weighted by Gasteiger charge is -2.24. The molecular formula is C12H17FN2. The van der Waals surface area contributed by atoms with Crippen molar-refractivity contribution in [1.82, 2.24) is 0 Å². The Balaban J connectivity index is 2.16. The Morgan fingerprint density at radius 2 is 2.20 bits per heavy atom. The summed E-state index contributed by atoms with van der Waals surface area (Å²) >= 11 is 0. The molecule has 1 aliphatic rings. The number of nitrogen functional groups attached to an aromatic ring is 1. The zero-order valence-corrected chi connectivity index (χ0v) is 9.04. The van der Waals surface area contributed by atoms with Crippen LogP contribution in [-0.2, 0) is 0 Å². The van der Waals surface area contributed by atoms with Crippen LogP contribution in [0.5, 0.6) is 0 Å². The van der Waals surface area contributed by atoms with Gasteiger partial charge in [0.25, 0.3) is 0 Å². The summed E-state index contributed by atoms with van der Waals surface area (Å²) in [6, 6.07) is 4.64. The molecule has 0 aromatic heterocycles. The van der Waals surface area contributed by atoms with Crippen molar-refractivity contribution >= 4 is 11.4 Å². The lowest BCUT2D eigenvalue weighted by atomic mass is 10.2. The minimum absolute atomic E-state index is 0.265. The number of hydrogen-bond acceptors (Lipinski definition) is 2. The third kappa shape index (κ3) is 2.41. The van der Waals surface area contributed by atoms with Gasteiger partial charge >= 0.3 is 0 Å². The molecule has 0 heterocycles. The van der Waals surface area contributed by atoms with Gasteiger partial charge in [0.1, 0.15) is 5.82 Å². The summed E-state index contributed by atoms with van der Waals surface area (Å²) in [7, 11) is 0. The topological polar surface area (TPSA) is 29.3 Å². The Morgan fingerprint density at radius 1 is 1.47 bits per heavy atom. The van der Waals surface area contributed by atoms with E-state index in [1.54, 1.807) is 6.07 Å². The van der Waals surface area contributed by atoms with Gasteiger partial charge in [-0.15, -0.1) is 0 Å². The zero-order valence-electron chi connectivity index (χ0n) is 9.04. The SMILES string of the molecule is CCN(CC1CC1)c1ccc(F)cc1N. The molecule has 1 aromatic carbocycles. The van der Waals surface area contributed by atoms with Gasteiger partial charge in [-0.05, 0) is 43.9 Å². The molecule has 1 saturated carbocycles. The van der Waals surface area contributed by atoms with Crippen molar-refractivity contribution < 1.29 is 4.39 Å². The normalized spacial score (nSPS) is 15.3. The number of nitrogens with zero attached hydrogens (tertiary/aromatic N) is 1. The molecular weight excluding hydrogens is 191 g/mol. The maximum absolute atomic E-state index is 12.9. The molecule has 0 radical (unpaired) electrons. The average Bonchev–Trinajstić information content (AvgIpc) is 2.99. The molecule has 0 atom stereocenters. The van der Waals surface area contributed by atoms with E-state index in [4.69, 9.17) is 5.73 Å². The van der Waals surface area contributed by atoms with Crippen LogP contribution in [0.15, 0.2) is 18.2 Å². The van der Waals surface area contributed by atoms with Gasteiger partial charge in [-0.2, -0.15) is 0 Å². The molecule has 1 fully saturated rings. The maximum atomic E-state index is 12.9. The highest BCUT2D eigenvalue weighted by Crippen LogP contribution is 2.33. The molecule has 1 aliphatic carbocycles. The predicted molar refractivity (Wildman–Crippen MR) is 61.4 cm³/mol. The molecule has 0 bridgehead atoms. The van der Waals surface area contributed by atoms with E-state index in [1.165, 1.54) is 25.0 Å². The zero-order chi connectivity index (χ0) is 10.8. The van der Waals surface area contributed by atoms with Crippen LogP contribution in [0.25, 0.3) is 0 Å². The van der Waals surface area contributed by atoms with Crippen molar-refractivity contribution in [2.24, 2.45) is 5.92 Å². The molecule has 0 spiro atoms. The first-order valence-corrected chi connectivity index (χ1v) is 5.50. The first-order valence-electron chi connectivity index (χ1n) is 5.50. The Morgan fingerprint density at radius 3 is 2.73 bits per heavy atom.